The number of oxazole rings is 1. The summed E-state index contributed by atoms with van der Waals surface area (Å²) in [7, 11) is 0. The van der Waals surface area contributed by atoms with Crippen LogP contribution in [0.25, 0.3) is 0 Å². The van der Waals surface area contributed by atoms with Crippen LogP contribution in [0, 0.1) is 5.92 Å². The summed E-state index contributed by atoms with van der Waals surface area (Å²) in [5.74, 6) is 2.06. The molecule has 0 bridgehead atoms. The maximum atomic E-state index is 5.54. The number of ether oxygens (including phenoxy) is 1. The second-order valence-corrected chi connectivity index (χ2v) is 4.79. The van der Waals surface area contributed by atoms with E-state index in [0.29, 0.717) is 11.8 Å². The van der Waals surface area contributed by atoms with Crippen molar-refractivity contribution in [3.8, 4) is 0 Å². The highest BCUT2D eigenvalue weighted by Gasteiger charge is 2.23. The molecule has 2 fully saturated rings. The summed E-state index contributed by atoms with van der Waals surface area (Å²) in [5, 5.41) is 3.37. The van der Waals surface area contributed by atoms with Gasteiger partial charge in [0, 0.05) is 18.9 Å². The Morgan fingerprint density at radius 1 is 1.44 bits per heavy atom. The first-order valence-electron chi connectivity index (χ1n) is 6.14. The number of aromatic nitrogens is 1. The van der Waals surface area contributed by atoms with Crippen molar-refractivity contribution in [3.63, 3.8) is 0 Å². The molecule has 2 unspecified atom stereocenters. The Morgan fingerprint density at radius 2 is 2.44 bits per heavy atom. The van der Waals surface area contributed by atoms with Crippen LogP contribution in [0.3, 0.4) is 0 Å². The summed E-state index contributed by atoms with van der Waals surface area (Å²) in [5.41, 5.74) is 1.08. The van der Waals surface area contributed by atoms with Crippen LogP contribution in [0.2, 0.25) is 0 Å². The van der Waals surface area contributed by atoms with Crippen LogP contribution >= 0.6 is 0 Å². The van der Waals surface area contributed by atoms with E-state index in [2.05, 4.69) is 10.3 Å². The lowest BCUT2D eigenvalue weighted by molar-refractivity contribution is 0.193. The van der Waals surface area contributed by atoms with Crippen LogP contribution in [-0.2, 0) is 11.2 Å². The highest BCUT2D eigenvalue weighted by Crippen LogP contribution is 2.25. The van der Waals surface area contributed by atoms with Crippen molar-refractivity contribution in [1.82, 2.24) is 10.3 Å². The second-order valence-electron chi connectivity index (χ2n) is 4.79. The van der Waals surface area contributed by atoms with Crippen LogP contribution in [-0.4, -0.2) is 31.3 Å². The predicted octanol–water partition coefficient (Wildman–Crippen LogP) is 1.33. The number of hydrogen-bond acceptors (Lipinski definition) is 4. The van der Waals surface area contributed by atoms with Crippen molar-refractivity contribution < 1.29 is 9.15 Å². The summed E-state index contributed by atoms with van der Waals surface area (Å²) in [4.78, 5) is 4.58. The van der Waals surface area contributed by atoms with E-state index in [1.807, 2.05) is 6.26 Å². The average Bonchev–Trinajstić information content (AvgIpc) is 2.99. The van der Waals surface area contributed by atoms with Gasteiger partial charge in [-0.05, 0) is 31.8 Å². The minimum atomic E-state index is 0.458. The predicted molar refractivity (Wildman–Crippen MR) is 59.4 cm³/mol. The molecule has 3 rings (SSSR count). The van der Waals surface area contributed by atoms with Gasteiger partial charge in [-0.25, -0.2) is 4.98 Å². The van der Waals surface area contributed by atoms with E-state index in [4.69, 9.17) is 9.15 Å². The van der Waals surface area contributed by atoms with Crippen molar-refractivity contribution >= 4 is 0 Å². The molecule has 0 saturated carbocycles. The van der Waals surface area contributed by atoms with E-state index in [9.17, 15) is 0 Å². The molecule has 0 aromatic carbocycles. The molecule has 3 heterocycles. The molecule has 2 saturated heterocycles. The normalized spacial score (nSPS) is 30.0. The fourth-order valence-corrected chi connectivity index (χ4v) is 2.51. The molecule has 2 aliphatic rings. The number of rotatable bonds is 3. The Hall–Kier alpha value is -0.870. The summed E-state index contributed by atoms with van der Waals surface area (Å²) < 4.78 is 10.9. The molecule has 16 heavy (non-hydrogen) atoms. The smallest absolute Gasteiger partial charge is 0.194 e. The van der Waals surface area contributed by atoms with E-state index in [1.165, 1.54) is 6.42 Å². The lowest BCUT2D eigenvalue weighted by Gasteiger charge is -2.03. The lowest BCUT2D eigenvalue weighted by Crippen LogP contribution is -2.11. The quantitative estimate of drug-likeness (QED) is 0.838. The molecular weight excluding hydrogens is 204 g/mol. The van der Waals surface area contributed by atoms with Gasteiger partial charge >= 0.3 is 0 Å². The molecule has 2 atom stereocenters. The highest BCUT2D eigenvalue weighted by molar-refractivity contribution is 5.06. The molecule has 1 aromatic rings. The minimum absolute atomic E-state index is 0.458. The first-order valence-corrected chi connectivity index (χ1v) is 6.14. The maximum Gasteiger partial charge on any atom is 0.194 e. The van der Waals surface area contributed by atoms with Crippen LogP contribution in [0.4, 0.5) is 0 Å². The molecule has 2 aliphatic heterocycles. The van der Waals surface area contributed by atoms with Gasteiger partial charge in [-0.1, -0.05) is 0 Å². The Kier molecular flexibility index (Phi) is 2.93. The molecule has 1 aromatic heterocycles. The van der Waals surface area contributed by atoms with E-state index >= 15 is 0 Å². The number of hydrogen-bond donors (Lipinski definition) is 1. The fourth-order valence-electron chi connectivity index (χ4n) is 2.51. The van der Waals surface area contributed by atoms with Crippen LogP contribution < -0.4 is 5.32 Å². The van der Waals surface area contributed by atoms with Gasteiger partial charge in [0.15, 0.2) is 5.89 Å². The zero-order chi connectivity index (χ0) is 10.8. The highest BCUT2D eigenvalue weighted by atomic mass is 16.5. The first kappa shape index (κ1) is 10.3. The summed E-state index contributed by atoms with van der Waals surface area (Å²) >= 11 is 0. The molecule has 0 spiro atoms. The lowest BCUT2D eigenvalue weighted by atomic mass is 10.0. The molecule has 4 heteroatoms. The third-order valence-corrected chi connectivity index (χ3v) is 3.54. The zero-order valence-corrected chi connectivity index (χ0v) is 9.45. The third kappa shape index (κ3) is 2.13. The van der Waals surface area contributed by atoms with E-state index in [0.717, 1.165) is 50.7 Å². The van der Waals surface area contributed by atoms with Crippen LogP contribution in [0.15, 0.2) is 10.7 Å². The average molecular weight is 222 g/mol. The van der Waals surface area contributed by atoms with Crippen molar-refractivity contribution in [3.05, 3.63) is 17.8 Å². The molecule has 1 N–H and O–H groups in total. The van der Waals surface area contributed by atoms with Crippen molar-refractivity contribution in [2.75, 3.05) is 26.3 Å². The van der Waals surface area contributed by atoms with Gasteiger partial charge in [-0.15, -0.1) is 0 Å². The SMILES string of the molecule is c1oc(CC2CCNC2)nc1C1CCOC1. The Labute approximate surface area is 95.4 Å². The fraction of sp³-hybridized carbons (Fsp3) is 0.750. The Bertz CT molecular complexity index is 339. The molecule has 0 amide bonds. The molecule has 0 radical (unpaired) electrons. The molecular formula is C12H18N2O2. The second kappa shape index (κ2) is 4.55. The van der Waals surface area contributed by atoms with Gasteiger partial charge in [0.05, 0.1) is 12.3 Å². The van der Waals surface area contributed by atoms with E-state index in [-0.39, 0.29) is 0 Å². The van der Waals surface area contributed by atoms with E-state index in [1.54, 1.807) is 0 Å². The maximum absolute atomic E-state index is 5.54. The van der Waals surface area contributed by atoms with Gasteiger partial charge in [0.25, 0.3) is 0 Å². The van der Waals surface area contributed by atoms with Crippen molar-refractivity contribution in [1.29, 1.82) is 0 Å². The van der Waals surface area contributed by atoms with Gasteiger partial charge in [0.1, 0.15) is 6.26 Å². The van der Waals surface area contributed by atoms with Crippen LogP contribution in [0.5, 0.6) is 0 Å². The minimum Gasteiger partial charge on any atom is -0.449 e. The first-order chi connectivity index (χ1) is 7.92. The van der Waals surface area contributed by atoms with Gasteiger partial charge in [0.2, 0.25) is 0 Å². The standard InChI is InChI=1S/C12H18N2O2/c1-3-13-6-9(1)5-12-14-11(8-16-12)10-2-4-15-7-10/h8-10,13H,1-7H2. The molecule has 88 valence electrons. The third-order valence-electron chi connectivity index (χ3n) is 3.54. The van der Waals surface area contributed by atoms with Gasteiger partial charge in [-0.2, -0.15) is 0 Å². The largest absolute Gasteiger partial charge is 0.449 e. The molecule has 0 aliphatic carbocycles. The van der Waals surface area contributed by atoms with Crippen molar-refractivity contribution in [2.45, 2.75) is 25.2 Å². The number of nitrogens with one attached hydrogen (secondary N) is 1. The summed E-state index contributed by atoms with van der Waals surface area (Å²) in [6, 6.07) is 0. The Morgan fingerprint density at radius 3 is 3.19 bits per heavy atom. The Balaban J connectivity index is 1.62. The van der Waals surface area contributed by atoms with Gasteiger partial charge < -0.3 is 14.5 Å². The van der Waals surface area contributed by atoms with Gasteiger partial charge in [-0.3, -0.25) is 0 Å². The summed E-state index contributed by atoms with van der Waals surface area (Å²) in [6.07, 6.45) is 5.11. The van der Waals surface area contributed by atoms with Crippen LogP contribution in [0.1, 0.15) is 30.3 Å². The topological polar surface area (TPSA) is 47.3 Å². The van der Waals surface area contributed by atoms with Crippen molar-refractivity contribution in [2.24, 2.45) is 5.92 Å². The zero-order valence-electron chi connectivity index (χ0n) is 9.45. The molecule has 4 nitrogen and oxygen atoms in total. The number of nitrogens with zero attached hydrogens (tertiary/aromatic N) is 1. The van der Waals surface area contributed by atoms with E-state index < -0.39 is 0 Å². The monoisotopic (exact) mass is 222 g/mol. The summed E-state index contributed by atoms with van der Waals surface area (Å²) in [6.45, 7) is 3.90.